The van der Waals surface area contributed by atoms with Crippen molar-refractivity contribution in [2.24, 2.45) is 0 Å². The van der Waals surface area contributed by atoms with E-state index in [1.165, 1.54) is 5.69 Å². The fourth-order valence-corrected chi connectivity index (χ4v) is 2.50. The van der Waals surface area contributed by atoms with Crippen molar-refractivity contribution in [3.63, 3.8) is 0 Å². The van der Waals surface area contributed by atoms with Gasteiger partial charge in [0.15, 0.2) is 5.82 Å². The molecule has 1 N–H and O–H groups in total. The van der Waals surface area contributed by atoms with Gasteiger partial charge < -0.3 is 14.7 Å². The number of nitrogens with zero attached hydrogens (tertiary/aromatic N) is 3. The Morgan fingerprint density at radius 2 is 2.10 bits per heavy atom. The first-order chi connectivity index (χ1) is 9.95. The lowest BCUT2D eigenvalue weighted by Crippen LogP contribution is -2.41. The minimum absolute atomic E-state index is 0.113. The summed E-state index contributed by atoms with van der Waals surface area (Å²) in [7, 11) is 0. The van der Waals surface area contributed by atoms with Gasteiger partial charge in [-0.05, 0) is 19.1 Å². The Hall–Kier alpha value is -2.04. The van der Waals surface area contributed by atoms with Crippen LogP contribution in [0.1, 0.15) is 39.4 Å². The zero-order valence-corrected chi connectivity index (χ0v) is 13.1. The Balaban J connectivity index is 1.86. The van der Waals surface area contributed by atoms with Crippen molar-refractivity contribution < 1.29 is 4.52 Å². The maximum Gasteiger partial charge on any atom is 0.232 e. The van der Waals surface area contributed by atoms with Crippen molar-refractivity contribution in [3.05, 3.63) is 36.0 Å². The highest BCUT2D eigenvalue weighted by Gasteiger charge is 2.26. The van der Waals surface area contributed by atoms with Gasteiger partial charge in [0, 0.05) is 18.0 Å². The Kier molecular flexibility index (Phi) is 3.35. The predicted octanol–water partition coefficient (Wildman–Crippen LogP) is 3.19. The molecule has 1 aliphatic rings. The Labute approximate surface area is 125 Å². The van der Waals surface area contributed by atoms with E-state index in [1.807, 2.05) is 6.07 Å². The molecule has 21 heavy (non-hydrogen) atoms. The molecule has 0 bridgehead atoms. The lowest BCUT2D eigenvalue weighted by Gasteiger charge is -2.36. The molecule has 1 aliphatic heterocycles. The molecule has 1 aromatic carbocycles. The van der Waals surface area contributed by atoms with E-state index in [9.17, 15) is 0 Å². The molecule has 2 heterocycles. The largest absolute Gasteiger partial charge is 0.381 e. The second-order valence-corrected chi connectivity index (χ2v) is 6.64. The molecule has 5 nitrogen and oxygen atoms in total. The summed E-state index contributed by atoms with van der Waals surface area (Å²) in [5.41, 5.74) is 2.24. The number of para-hydroxylation sites is 2. The van der Waals surface area contributed by atoms with Crippen LogP contribution in [0.25, 0.3) is 0 Å². The number of nitrogens with one attached hydrogen (secondary N) is 1. The number of rotatable bonds is 2. The SMILES string of the molecule is CC1CNc2ccccc2N1Cc1noc(C(C)(C)C)n1. The Morgan fingerprint density at radius 3 is 2.81 bits per heavy atom. The molecule has 1 aromatic heterocycles. The quantitative estimate of drug-likeness (QED) is 0.919. The number of fused-ring (bicyclic) bond motifs is 1. The Morgan fingerprint density at radius 1 is 1.33 bits per heavy atom. The molecule has 0 saturated carbocycles. The van der Waals surface area contributed by atoms with Gasteiger partial charge in [-0.15, -0.1) is 0 Å². The molecule has 0 radical (unpaired) electrons. The first kappa shape index (κ1) is 13.9. The molecule has 2 aromatic rings. The van der Waals surface area contributed by atoms with Crippen LogP contribution in [0.15, 0.2) is 28.8 Å². The predicted molar refractivity (Wildman–Crippen MR) is 83.6 cm³/mol. The molecule has 5 heteroatoms. The zero-order chi connectivity index (χ0) is 15.0. The molecule has 0 amide bonds. The average molecular weight is 286 g/mol. The van der Waals surface area contributed by atoms with E-state index in [2.05, 4.69) is 66.3 Å². The highest BCUT2D eigenvalue weighted by molar-refractivity contribution is 5.72. The van der Waals surface area contributed by atoms with Gasteiger partial charge in [0.25, 0.3) is 0 Å². The molecular formula is C16H22N4O. The van der Waals surface area contributed by atoms with Crippen LogP contribution in [0, 0.1) is 0 Å². The van der Waals surface area contributed by atoms with Crippen molar-refractivity contribution in [1.29, 1.82) is 0 Å². The molecular weight excluding hydrogens is 264 g/mol. The highest BCUT2D eigenvalue weighted by Crippen LogP contribution is 2.32. The first-order valence-corrected chi connectivity index (χ1v) is 7.38. The molecule has 3 rings (SSSR count). The smallest absolute Gasteiger partial charge is 0.232 e. The van der Waals surface area contributed by atoms with Crippen LogP contribution in [-0.4, -0.2) is 22.7 Å². The summed E-state index contributed by atoms with van der Waals surface area (Å²) in [5.74, 6) is 1.43. The van der Waals surface area contributed by atoms with Crippen molar-refractivity contribution in [1.82, 2.24) is 10.1 Å². The highest BCUT2D eigenvalue weighted by atomic mass is 16.5. The molecule has 112 valence electrons. The maximum absolute atomic E-state index is 5.39. The van der Waals surface area contributed by atoms with Gasteiger partial charge in [-0.3, -0.25) is 0 Å². The Bertz CT molecular complexity index is 629. The summed E-state index contributed by atoms with van der Waals surface area (Å²) >= 11 is 0. The number of anilines is 2. The van der Waals surface area contributed by atoms with E-state index >= 15 is 0 Å². The topological polar surface area (TPSA) is 54.2 Å². The maximum atomic E-state index is 5.39. The van der Waals surface area contributed by atoms with E-state index in [-0.39, 0.29) is 5.41 Å². The number of benzene rings is 1. The van der Waals surface area contributed by atoms with Gasteiger partial charge in [-0.25, -0.2) is 0 Å². The summed E-state index contributed by atoms with van der Waals surface area (Å²) in [6.45, 7) is 10.0. The number of aromatic nitrogens is 2. The number of hydrogen-bond acceptors (Lipinski definition) is 5. The summed E-state index contributed by atoms with van der Waals surface area (Å²) in [6, 6.07) is 8.72. The minimum Gasteiger partial charge on any atom is -0.381 e. The van der Waals surface area contributed by atoms with E-state index in [0.717, 1.165) is 18.1 Å². The van der Waals surface area contributed by atoms with Gasteiger partial charge in [0.2, 0.25) is 5.89 Å². The van der Waals surface area contributed by atoms with Crippen molar-refractivity contribution in [2.75, 3.05) is 16.8 Å². The average Bonchev–Trinajstić information content (AvgIpc) is 2.91. The lowest BCUT2D eigenvalue weighted by molar-refractivity contribution is 0.318. The van der Waals surface area contributed by atoms with Crippen LogP contribution >= 0.6 is 0 Å². The second kappa shape index (κ2) is 5.06. The van der Waals surface area contributed by atoms with Gasteiger partial charge in [0.1, 0.15) is 0 Å². The second-order valence-electron chi connectivity index (χ2n) is 6.64. The lowest BCUT2D eigenvalue weighted by atomic mass is 9.97. The molecule has 0 saturated heterocycles. The summed E-state index contributed by atoms with van der Waals surface area (Å²) < 4.78 is 5.39. The van der Waals surface area contributed by atoms with Crippen LogP contribution in [0.4, 0.5) is 11.4 Å². The van der Waals surface area contributed by atoms with Crippen LogP contribution in [0.5, 0.6) is 0 Å². The van der Waals surface area contributed by atoms with Gasteiger partial charge >= 0.3 is 0 Å². The fraction of sp³-hybridized carbons (Fsp3) is 0.500. The zero-order valence-electron chi connectivity index (χ0n) is 13.1. The summed E-state index contributed by atoms with van der Waals surface area (Å²) in [4.78, 5) is 6.87. The third-order valence-electron chi connectivity index (χ3n) is 3.75. The van der Waals surface area contributed by atoms with E-state index in [1.54, 1.807) is 0 Å². The standard InChI is InChI=1S/C16H22N4O/c1-11-9-17-12-7-5-6-8-13(12)20(11)10-14-18-15(21-19-14)16(2,3)4/h5-8,11,17H,9-10H2,1-4H3. The van der Waals surface area contributed by atoms with Crippen LogP contribution in [-0.2, 0) is 12.0 Å². The van der Waals surface area contributed by atoms with Crippen LogP contribution in [0.3, 0.4) is 0 Å². The fourth-order valence-electron chi connectivity index (χ4n) is 2.50. The summed E-state index contributed by atoms with van der Waals surface area (Å²) in [5, 5.41) is 7.59. The molecule has 0 spiro atoms. The first-order valence-electron chi connectivity index (χ1n) is 7.38. The van der Waals surface area contributed by atoms with Gasteiger partial charge in [-0.1, -0.05) is 38.1 Å². The molecule has 1 atom stereocenters. The van der Waals surface area contributed by atoms with Crippen molar-refractivity contribution >= 4 is 11.4 Å². The minimum atomic E-state index is -0.113. The van der Waals surface area contributed by atoms with E-state index < -0.39 is 0 Å². The van der Waals surface area contributed by atoms with Crippen molar-refractivity contribution in [3.8, 4) is 0 Å². The molecule has 0 fully saturated rings. The molecule has 1 unspecified atom stereocenters. The monoisotopic (exact) mass is 286 g/mol. The van der Waals surface area contributed by atoms with Crippen LogP contribution in [0.2, 0.25) is 0 Å². The third-order valence-corrected chi connectivity index (χ3v) is 3.75. The molecule has 0 aliphatic carbocycles. The van der Waals surface area contributed by atoms with E-state index in [0.29, 0.717) is 18.5 Å². The normalized spacial score (nSPS) is 18.3. The summed E-state index contributed by atoms with van der Waals surface area (Å²) in [6.07, 6.45) is 0. The van der Waals surface area contributed by atoms with Crippen molar-refractivity contribution in [2.45, 2.75) is 45.7 Å². The van der Waals surface area contributed by atoms with Gasteiger partial charge in [0.05, 0.1) is 17.9 Å². The van der Waals surface area contributed by atoms with Crippen LogP contribution < -0.4 is 10.2 Å². The van der Waals surface area contributed by atoms with Gasteiger partial charge in [-0.2, -0.15) is 4.98 Å². The number of hydrogen-bond donors (Lipinski definition) is 1. The van der Waals surface area contributed by atoms with E-state index in [4.69, 9.17) is 4.52 Å². The third kappa shape index (κ3) is 2.73.